The molecule has 1 saturated heterocycles. The molecule has 2 aromatic carbocycles. The summed E-state index contributed by atoms with van der Waals surface area (Å²) in [6.07, 6.45) is 1.36. The number of fused-ring (bicyclic) bond motifs is 3. The highest BCUT2D eigenvalue weighted by Crippen LogP contribution is 2.44. The number of benzene rings is 2. The van der Waals surface area contributed by atoms with Gasteiger partial charge in [-0.3, -0.25) is 9.59 Å². The fourth-order valence-corrected chi connectivity index (χ4v) is 5.46. The lowest BCUT2D eigenvalue weighted by atomic mass is 9.78. The molecule has 1 saturated carbocycles. The molecule has 1 heterocycles. The molecule has 2 aliphatic carbocycles. The third-order valence-electron chi connectivity index (χ3n) is 7.31. The maximum atomic E-state index is 12.5. The second kappa shape index (κ2) is 10.1. The summed E-state index contributed by atoms with van der Waals surface area (Å²) in [4.78, 5) is 35.6. The summed E-state index contributed by atoms with van der Waals surface area (Å²) in [5.41, 5.74) is 4.69. The Morgan fingerprint density at radius 1 is 0.971 bits per heavy atom. The van der Waals surface area contributed by atoms with Gasteiger partial charge in [-0.05, 0) is 47.4 Å². The average molecular weight is 479 g/mol. The SMILES string of the molecule is O=C(O)CC1CC(NC(=O)[C@@H]2CO[C@H](CNC(=O)OCC3c4ccccc4-c4ccccc43)C2)C1. The normalized spacial score (nSPS) is 24.7. The van der Waals surface area contributed by atoms with Gasteiger partial charge in [-0.1, -0.05) is 48.5 Å². The van der Waals surface area contributed by atoms with Crippen LogP contribution in [0.15, 0.2) is 48.5 Å². The van der Waals surface area contributed by atoms with Gasteiger partial charge < -0.3 is 25.2 Å². The van der Waals surface area contributed by atoms with Gasteiger partial charge in [0.05, 0.1) is 18.6 Å². The van der Waals surface area contributed by atoms with Gasteiger partial charge in [0.2, 0.25) is 5.91 Å². The van der Waals surface area contributed by atoms with E-state index in [-0.39, 0.29) is 55.4 Å². The number of rotatable bonds is 8. The molecule has 2 atom stereocenters. The van der Waals surface area contributed by atoms with Gasteiger partial charge in [-0.25, -0.2) is 4.79 Å². The summed E-state index contributed by atoms with van der Waals surface area (Å²) in [6.45, 7) is 0.847. The van der Waals surface area contributed by atoms with Gasteiger partial charge in [-0.15, -0.1) is 0 Å². The van der Waals surface area contributed by atoms with Crippen LogP contribution >= 0.6 is 0 Å². The number of ether oxygens (including phenoxy) is 2. The molecule has 35 heavy (non-hydrogen) atoms. The highest BCUT2D eigenvalue weighted by molar-refractivity contribution is 5.80. The lowest BCUT2D eigenvalue weighted by Gasteiger charge is -2.35. The zero-order chi connectivity index (χ0) is 24.4. The molecule has 2 aromatic rings. The smallest absolute Gasteiger partial charge is 0.407 e. The van der Waals surface area contributed by atoms with Crippen molar-refractivity contribution in [2.24, 2.45) is 11.8 Å². The van der Waals surface area contributed by atoms with E-state index in [0.717, 1.165) is 11.1 Å². The van der Waals surface area contributed by atoms with Crippen molar-refractivity contribution in [1.29, 1.82) is 0 Å². The van der Waals surface area contributed by atoms with Crippen LogP contribution in [0, 0.1) is 11.8 Å². The first kappa shape index (κ1) is 23.4. The lowest BCUT2D eigenvalue weighted by molar-refractivity contribution is -0.139. The van der Waals surface area contributed by atoms with Crippen molar-refractivity contribution in [1.82, 2.24) is 10.6 Å². The van der Waals surface area contributed by atoms with E-state index in [1.165, 1.54) is 11.1 Å². The molecule has 3 N–H and O–H groups in total. The molecule has 5 rings (SSSR count). The molecule has 0 unspecified atom stereocenters. The van der Waals surface area contributed by atoms with Crippen LogP contribution in [-0.4, -0.2) is 55.0 Å². The first-order valence-corrected chi connectivity index (χ1v) is 12.2. The number of amides is 2. The van der Waals surface area contributed by atoms with Crippen LogP contribution in [0.25, 0.3) is 11.1 Å². The highest BCUT2D eigenvalue weighted by atomic mass is 16.5. The van der Waals surface area contributed by atoms with Gasteiger partial charge >= 0.3 is 12.1 Å². The second-order valence-electron chi connectivity index (χ2n) is 9.74. The standard InChI is InChI=1S/C27H30N2O6/c30-25(31)11-16-9-18(10-16)29-26(32)17-12-19(34-14-17)13-28-27(33)35-15-24-22-7-3-1-5-20(22)21-6-2-4-8-23(21)24/h1-8,16-19,24H,9-15H2,(H,28,33)(H,29,32)(H,30,31)/t16?,17-,18?,19-/m0/s1. The molecule has 184 valence electrons. The number of hydrogen-bond donors (Lipinski definition) is 3. The molecule has 2 amide bonds. The fourth-order valence-electron chi connectivity index (χ4n) is 5.46. The Labute approximate surface area is 204 Å². The molecular formula is C27H30N2O6. The summed E-state index contributed by atoms with van der Waals surface area (Å²) in [7, 11) is 0. The number of carbonyl (C=O) groups excluding carboxylic acids is 2. The van der Waals surface area contributed by atoms with Crippen molar-refractivity contribution < 1.29 is 29.0 Å². The summed E-state index contributed by atoms with van der Waals surface area (Å²) in [6, 6.07) is 16.4. The second-order valence-corrected chi connectivity index (χ2v) is 9.74. The number of hydrogen-bond acceptors (Lipinski definition) is 5. The average Bonchev–Trinajstić information content (AvgIpc) is 3.43. The predicted molar refractivity (Wildman–Crippen MR) is 128 cm³/mol. The molecule has 0 aromatic heterocycles. The largest absolute Gasteiger partial charge is 0.481 e. The van der Waals surface area contributed by atoms with E-state index < -0.39 is 12.1 Å². The molecular weight excluding hydrogens is 448 g/mol. The minimum absolute atomic E-state index is 0.00515. The Hall–Kier alpha value is -3.39. The molecule has 0 spiro atoms. The molecule has 3 aliphatic rings. The number of aliphatic carboxylic acids is 1. The number of nitrogens with one attached hydrogen (secondary N) is 2. The molecule has 8 nitrogen and oxygen atoms in total. The van der Waals surface area contributed by atoms with E-state index in [1.807, 2.05) is 24.3 Å². The van der Waals surface area contributed by atoms with Gasteiger partial charge in [-0.2, -0.15) is 0 Å². The monoisotopic (exact) mass is 478 g/mol. The van der Waals surface area contributed by atoms with Crippen LogP contribution in [0.1, 0.15) is 42.7 Å². The zero-order valence-corrected chi connectivity index (χ0v) is 19.4. The third kappa shape index (κ3) is 5.17. The van der Waals surface area contributed by atoms with Crippen molar-refractivity contribution in [3.8, 4) is 11.1 Å². The zero-order valence-electron chi connectivity index (χ0n) is 19.4. The summed E-state index contributed by atoms with van der Waals surface area (Å²) < 4.78 is 11.3. The van der Waals surface area contributed by atoms with Crippen molar-refractivity contribution in [3.05, 3.63) is 59.7 Å². The molecule has 0 bridgehead atoms. The quantitative estimate of drug-likeness (QED) is 0.537. The summed E-state index contributed by atoms with van der Waals surface area (Å²) in [5.74, 6) is -0.969. The van der Waals surface area contributed by atoms with Crippen molar-refractivity contribution in [3.63, 3.8) is 0 Å². The van der Waals surface area contributed by atoms with Crippen LogP contribution in [0.3, 0.4) is 0 Å². The molecule has 2 fully saturated rings. The van der Waals surface area contributed by atoms with Crippen LogP contribution in [0.5, 0.6) is 0 Å². The van der Waals surface area contributed by atoms with Crippen molar-refractivity contribution in [2.75, 3.05) is 19.8 Å². The van der Waals surface area contributed by atoms with E-state index in [2.05, 4.69) is 34.9 Å². The fraction of sp³-hybridized carbons (Fsp3) is 0.444. The first-order valence-electron chi connectivity index (χ1n) is 12.2. The maximum Gasteiger partial charge on any atom is 0.407 e. The predicted octanol–water partition coefficient (Wildman–Crippen LogP) is 3.30. The highest BCUT2D eigenvalue weighted by Gasteiger charge is 2.36. The molecule has 1 aliphatic heterocycles. The van der Waals surface area contributed by atoms with Crippen LogP contribution in [0.2, 0.25) is 0 Å². The van der Waals surface area contributed by atoms with Gasteiger partial charge in [0.1, 0.15) is 6.61 Å². The van der Waals surface area contributed by atoms with Crippen molar-refractivity contribution in [2.45, 2.75) is 43.7 Å². The van der Waals surface area contributed by atoms with Crippen LogP contribution < -0.4 is 10.6 Å². The van der Waals surface area contributed by atoms with E-state index >= 15 is 0 Å². The van der Waals surface area contributed by atoms with Gasteiger partial charge in [0.25, 0.3) is 0 Å². The van der Waals surface area contributed by atoms with E-state index in [9.17, 15) is 14.4 Å². The minimum Gasteiger partial charge on any atom is -0.481 e. The third-order valence-corrected chi connectivity index (χ3v) is 7.31. The summed E-state index contributed by atoms with van der Waals surface area (Å²) >= 11 is 0. The Balaban J connectivity index is 1.04. The number of carboxylic acid groups (broad SMARTS) is 1. The first-order chi connectivity index (χ1) is 17.0. The van der Waals surface area contributed by atoms with E-state index in [1.54, 1.807) is 0 Å². The Bertz CT molecular complexity index is 1070. The Morgan fingerprint density at radius 3 is 2.29 bits per heavy atom. The van der Waals surface area contributed by atoms with Crippen LogP contribution in [0.4, 0.5) is 4.79 Å². The van der Waals surface area contributed by atoms with Crippen molar-refractivity contribution >= 4 is 18.0 Å². The topological polar surface area (TPSA) is 114 Å². The number of carboxylic acids is 1. The Kier molecular flexibility index (Phi) is 6.72. The summed E-state index contributed by atoms with van der Waals surface area (Å²) in [5, 5.41) is 14.6. The van der Waals surface area contributed by atoms with E-state index in [4.69, 9.17) is 14.6 Å². The van der Waals surface area contributed by atoms with E-state index in [0.29, 0.717) is 25.9 Å². The number of carbonyl (C=O) groups is 3. The molecule has 0 radical (unpaired) electrons. The minimum atomic E-state index is -0.796. The molecule has 8 heteroatoms. The lowest BCUT2D eigenvalue weighted by Crippen LogP contribution is -2.47. The maximum absolute atomic E-state index is 12.5. The Morgan fingerprint density at radius 2 is 1.63 bits per heavy atom. The van der Waals surface area contributed by atoms with Crippen LogP contribution in [-0.2, 0) is 19.1 Å². The number of alkyl carbamates (subject to hydrolysis) is 1. The van der Waals surface area contributed by atoms with Gasteiger partial charge in [0, 0.05) is 24.9 Å². The van der Waals surface area contributed by atoms with Gasteiger partial charge in [0.15, 0.2) is 0 Å².